The molecule has 0 saturated heterocycles. The highest BCUT2D eigenvalue weighted by Crippen LogP contribution is 2.46. The van der Waals surface area contributed by atoms with Crippen molar-refractivity contribution in [3.8, 4) is 44.5 Å². The highest BCUT2D eigenvalue weighted by Gasteiger charge is 2.22. The number of anilines is 3. The summed E-state index contributed by atoms with van der Waals surface area (Å²) in [5, 5.41) is 4.98. The van der Waals surface area contributed by atoms with Crippen LogP contribution in [0.3, 0.4) is 0 Å². The van der Waals surface area contributed by atoms with Gasteiger partial charge in [0.2, 0.25) is 0 Å². The summed E-state index contributed by atoms with van der Waals surface area (Å²) in [6, 6.07) is 76.8. The first-order valence-electron chi connectivity index (χ1n) is 17.5. The molecule has 1 nitrogen and oxygen atoms in total. The fourth-order valence-electron chi connectivity index (χ4n) is 7.33. The molecule has 240 valence electrons. The SMILES string of the molecule is c1ccc(-c2ccccc2N(c2ccc(-c3ccc4ccccc4c3)cc2)c2cc(-c3cccc4ccccc34)ccc2-c2ccccc2)cc1. The van der Waals surface area contributed by atoms with Crippen molar-refractivity contribution in [2.45, 2.75) is 0 Å². The molecule has 51 heavy (non-hydrogen) atoms. The summed E-state index contributed by atoms with van der Waals surface area (Å²) >= 11 is 0. The van der Waals surface area contributed by atoms with Crippen LogP contribution in [0.2, 0.25) is 0 Å². The van der Waals surface area contributed by atoms with E-state index in [0.29, 0.717) is 0 Å². The predicted octanol–water partition coefficient (Wildman–Crippen LogP) is 14.1. The Morgan fingerprint density at radius 1 is 0.255 bits per heavy atom. The predicted molar refractivity (Wildman–Crippen MR) is 218 cm³/mol. The van der Waals surface area contributed by atoms with Gasteiger partial charge in [0.15, 0.2) is 0 Å². The normalized spacial score (nSPS) is 11.1. The Kier molecular flexibility index (Phi) is 7.92. The van der Waals surface area contributed by atoms with Gasteiger partial charge in [-0.1, -0.05) is 182 Å². The fourth-order valence-corrected chi connectivity index (χ4v) is 7.33. The molecule has 1 heteroatoms. The first kappa shape index (κ1) is 30.4. The number of nitrogens with zero attached hydrogens (tertiary/aromatic N) is 1. The molecule has 0 N–H and O–H groups in total. The molecule has 0 aliphatic heterocycles. The molecule has 0 bridgehead atoms. The largest absolute Gasteiger partial charge is 0.309 e. The quantitative estimate of drug-likeness (QED) is 0.166. The standard InChI is InChI=1S/C50H35N/c1-3-15-39(16-4-1)47-23-11-12-25-49(47)51(44-31-28-37(29-32-44)42-27-26-36-14-7-8-20-41(36)34-42)50-35-43(30-33-48(50)40-17-5-2-6-18-40)46-24-13-21-38-19-9-10-22-45(38)46/h1-35H. The van der Waals surface area contributed by atoms with Crippen LogP contribution in [0.15, 0.2) is 212 Å². The molecule has 0 aliphatic carbocycles. The van der Waals surface area contributed by atoms with E-state index in [0.717, 1.165) is 17.1 Å². The van der Waals surface area contributed by atoms with Crippen LogP contribution in [0.25, 0.3) is 66.1 Å². The topological polar surface area (TPSA) is 3.24 Å². The third-order valence-electron chi connectivity index (χ3n) is 9.86. The number of rotatable bonds is 7. The Balaban J connectivity index is 1.28. The molecule has 9 rings (SSSR count). The van der Waals surface area contributed by atoms with Crippen LogP contribution in [-0.4, -0.2) is 0 Å². The molecule has 0 unspecified atom stereocenters. The molecule has 0 radical (unpaired) electrons. The van der Waals surface area contributed by atoms with Gasteiger partial charge in [-0.05, 0) is 85.3 Å². The van der Waals surface area contributed by atoms with E-state index in [4.69, 9.17) is 0 Å². The Morgan fingerprint density at radius 2 is 0.804 bits per heavy atom. The summed E-state index contributed by atoms with van der Waals surface area (Å²) in [5.74, 6) is 0. The molecule has 0 atom stereocenters. The van der Waals surface area contributed by atoms with Gasteiger partial charge in [-0.3, -0.25) is 0 Å². The van der Waals surface area contributed by atoms with E-state index in [9.17, 15) is 0 Å². The average molecular weight is 650 g/mol. The molecule has 0 heterocycles. The maximum atomic E-state index is 2.45. The fraction of sp³-hybridized carbons (Fsp3) is 0. The smallest absolute Gasteiger partial charge is 0.0546 e. The second kappa shape index (κ2) is 13.3. The van der Waals surface area contributed by atoms with E-state index in [2.05, 4.69) is 217 Å². The number of para-hydroxylation sites is 1. The molecular weight excluding hydrogens is 615 g/mol. The second-order valence-corrected chi connectivity index (χ2v) is 13.0. The third kappa shape index (κ3) is 5.86. The molecule has 9 aromatic rings. The molecule has 0 spiro atoms. The average Bonchev–Trinajstić information content (AvgIpc) is 3.21. The van der Waals surface area contributed by atoms with E-state index in [1.807, 2.05) is 0 Å². The Labute approximate surface area is 299 Å². The highest BCUT2D eigenvalue weighted by atomic mass is 15.1. The van der Waals surface area contributed by atoms with Crippen molar-refractivity contribution in [3.63, 3.8) is 0 Å². The van der Waals surface area contributed by atoms with Gasteiger partial charge in [-0.15, -0.1) is 0 Å². The number of hydrogen-bond donors (Lipinski definition) is 0. The Morgan fingerprint density at radius 3 is 1.57 bits per heavy atom. The minimum Gasteiger partial charge on any atom is -0.309 e. The van der Waals surface area contributed by atoms with Crippen LogP contribution in [0, 0.1) is 0 Å². The maximum Gasteiger partial charge on any atom is 0.0546 e. The van der Waals surface area contributed by atoms with Crippen LogP contribution in [0.5, 0.6) is 0 Å². The van der Waals surface area contributed by atoms with Gasteiger partial charge in [0.1, 0.15) is 0 Å². The number of benzene rings is 9. The first-order chi connectivity index (χ1) is 25.3. The van der Waals surface area contributed by atoms with Gasteiger partial charge in [0, 0.05) is 16.8 Å². The molecule has 0 aliphatic rings. The van der Waals surface area contributed by atoms with Crippen LogP contribution >= 0.6 is 0 Å². The zero-order valence-corrected chi connectivity index (χ0v) is 28.2. The molecule has 0 amide bonds. The van der Waals surface area contributed by atoms with Gasteiger partial charge >= 0.3 is 0 Å². The van der Waals surface area contributed by atoms with Crippen molar-refractivity contribution >= 4 is 38.6 Å². The minimum absolute atomic E-state index is 1.09. The zero-order valence-electron chi connectivity index (χ0n) is 28.2. The third-order valence-corrected chi connectivity index (χ3v) is 9.86. The van der Waals surface area contributed by atoms with Crippen LogP contribution in [-0.2, 0) is 0 Å². The van der Waals surface area contributed by atoms with Crippen LogP contribution in [0.4, 0.5) is 17.1 Å². The minimum atomic E-state index is 1.09. The van der Waals surface area contributed by atoms with Gasteiger partial charge in [0.25, 0.3) is 0 Å². The molecule has 0 aromatic heterocycles. The maximum absolute atomic E-state index is 2.45. The molecule has 0 saturated carbocycles. The number of fused-ring (bicyclic) bond motifs is 2. The Bertz CT molecular complexity index is 2620. The lowest BCUT2D eigenvalue weighted by molar-refractivity contribution is 1.28. The number of hydrogen-bond acceptors (Lipinski definition) is 1. The van der Waals surface area contributed by atoms with Crippen molar-refractivity contribution in [1.82, 2.24) is 0 Å². The second-order valence-electron chi connectivity index (χ2n) is 13.0. The van der Waals surface area contributed by atoms with E-state index >= 15 is 0 Å². The lowest BCUT2D eigenvalue weighted by Gasteiger charge is -2.30. The monoisotopic (exact) mass is 649 g/mol. The highest BCUT2D eigenvalue weighted by molar-refractivity contribution is 6.00. The van der Waals surface area contributed by atoms with Crippen molar-refractivity contribution in [3.05, 3.63) is 212 Å². The van der Waals surface area contributed by atoms with Crippen molar-refractivity contribution in [2.24, 2.45) is 0 Å². The van der Waals surface area contributed by atoms with Gasteiger partial charge < -0.3 is 4.90 Å². The van der Waals surface area contributed by atoms with Crippen molar-refractivity contribution < 1.29 is 0 Å². The van der Waals surface area contributed by atoms with Gasteiger partial charge in [-0.2, -0.15) is 0 Å². The van der Waals surface area contributed by atoms with Gasteiger partial charge in [0.05, 0.1) is 11.4 Å². The van der Waals surface area contributed by atoms with Crippen molar-refractivity contribution in [2.75, 3.05) is 4.90 Å². The van der Waals surface area contributed by atoms with Crippen LogP contribution < -0.4 is 4.90 Å². The van der Waals surface area contributed by atoms with Crippen LogP contribution in [0.1, 0.15) is 0 Å². The molecular formula is C50H35N. The Hall–Kier alpha value is -6.70. The van der Waals surface area contributed by atoms with E-state index in [1.165, 1.54) is 66.1 Å². The van der Waals surface area contributed by atoms with E-state index < -0.39 is 0 Å². The zero-order chi connectivity index (χ0) is 34.0. The lowest BCUT2D eigenvalue weighted by Crippen LogP contribution is -2.12. The summed E-state index contributed by atoms with van der Waals surface area (Å²) in [4.78, 5) is 2.45. The van der Waals surface area contributed by atoms with Gasteiger partial charge in [-0.25, -0.2) is 0 Å². The van der Waals surface area contributed by atoms with Crippen molar-refractivity contribution in [1.29, 1.82) is 0 Å². The molecule has 0 fully saturated rings. The summed E-state index contributed by atoms with van der Waals surface area (Å²) in [6.45, 7) is 0. The summed E-state index contributed by atoms with van der Waals surface area (Å²) in [6.07, 6.45) is 0. The summed E-state index contributed by atoms with van der Waals surface area (Å²) < 4.78 is 0. The summed E-state index contributed by atoms with van der Waals surface area (Å²) in [5.41, 5.74) is 12.8. The van der Waals surface area contributed by atoms with E-state index in [1.54, 1.807) is 0 Å². The molecule has 9 aromatic carbocycles. The first-order valence-corrected chi connectivity index (χ1v) is 17.5. The summed E-state index contributed by atoms with van der Waals surface area (Å²) in [7, 11) is 0. The lowest BCUT2D eigenvalue weighted by atomic mass is 9.93. The van der Waals surface area contributed by atoms with E-state index in [-0.39, 0.29) is 0 Å².